The van der Waals surface area contributed by atoms with Crippen LogP contribution in [0.2, 0.25) is 0 Å². The normalized spacial score (nSPS) is 13.0. The van der Waals surface area contributed by atoms with Crippen LogP contribution in [-0.2, 0) is 12.8 Å². The Morgan fingerprint density at radius 1 is 1.19 bits per heavy atom. The summed E-state index contributed by atoms with van der Waals surface area (Å²) < 4.78 is 0. The first-order valence-corrected chi connectivity index (χ1v) is 7.67. The number of carbonyl (C=O) groups is 2. The van der Waals surface area contributed by atoms with Gasteiger partial charge in [0.2, 0.25) is 5.91 Å². The van der Waals surface area contributed by atoms with Crippen LogP contribution in [0.3, 0.4) is 0 Å². The van der Waals surface area contributed by atoms with Crippen LogP contribution in [-0.4, -0.2) is 18.9 Å². The number of primary amides is 1. The molecule has 0 saturated heterocycles. The highest BCUT2D eigenvalue weighted by Gasteiger charge is 2.21. The summed E-state index contributed by atoms with van der Waals surface area (Å²) in [6.45, 7) is 0. The predicted molar refractivity (Wildman–Crippen MR) is 84.0 cm³/mol. The summed E-state index contributed by atoms with van der Waals surface area (Å²) in [7, 11) is 1.74. The first-order valence-electron chi connectivity index (χ1n) is 6.86. The average Bonchev–Trinajstić information content (AvgIpc) is 3.07. The number of nitrogens with zero attached hydrogens (tertiary/aromatic N) is 1. The van der Waals surface area contributed by atoms with Crippen LogP contribution in [0.4, 0.5) is 5.69 Å². The van der Waals surface area contributed by atoms with Crippen molar-refractivity contribution < 1.29 is 9.59 Å². The largest absolute Gasteiger partial charge is 0.366 e. The first kappa shape index (κ1) is 13.8. The van der Waals surface area contributed by atoms with Gasteiger partial charge in [0.15, 0.2) is 0 Å². The molecule has 1 aromatic carbocycles. The Hall–Kier alpha value is -2.14. The Bertz CT molecular complexity index is 682. The molecule has 4 nitrogen and oxygen atoms in total. The summed E-state index contributed by atoms with van der Waals surface area (Å²) in [4.78, 5) is 27.3. The van der Waals surface area contributed by atoms with Crippen molar-refractivity contribution in [1.29, 1.82) is 0 Å². The topological polar surface area (TPSA) is 63.4 Å². The van der Waals surface area contributed by atoms with Crippen molar-refractivity contribution >= 4 is 28.8 Å². The lowest BCUT2D eigenvalue weighted by molar-refractivity contribution is 0.0991. The van der Waals surface area contributed by atoms with Gasteiger partial charge in [-0.05, 0) is 55.2 Å². The van der Waals surface area contributed by atoms with Gasteiger partial charge in [-0.25, -0.2) is 0 Å². The Kier molecular flexibility index (Phi) is 3.51. The van der Waals surface area contributed by atoms with E-state index in [1.54, 1.807) is 47.5 Å². The Morgan fingerprint density at radius 2 is 1.90 bits per heavy atom. The van der Waals surface area contributed by atoms with Gasteiger partial charge in [0.05, 0.1) is 4.88 Å². The highest BCUT2D eigenvalue weighted by molar-refractivity contribution is 7.14. The third-order valence-corrected chi connectivity index (χ3v) is 5.03. The molecule has 3 rings (SSSR count). The molecule has 2 aromatic rings. The van der Waals surface area contributed by atoms with E-state index in [-0.39, 0.29) is 5.91 Å². The third kappa shape index (κ3) is 2.56. The van der Waals surface area contributed by atoms with Crippen molar-refractivity contribution in [2.24, 2.45) is 5.73 Å². The van der Waals surface area contributed by atoms with E-state index in [9.17, 15) is 9.59 Å². The standard InChI is InChI=1S/C16H16N2O2S/c1-18(12-7-5-10(6-8-12)15(17)19)16(20)14-9-11-3-2-4-13(11)21-14/h5-9H,2-4H2,1H3,(H2,17,19). The van der Waals surface area contributed by atoms with Crippen molar-refractivity contribution in [3.05, 3.63) is 51.2 Å². The van der Waals surface area contributed by atoms with Crippen LogP contribution >= 0.6 is 11.3 Å². The molecule has 1 aromatic heterocycles. The number of fused-ring (bicyclic) bond motifs is 1. The lowest BCUT2D eigenvalue weighted by Gasteiger charge is -2.16. The maximum atomic E-state index is 12.5. The lowest BCUT2D eigenvalue weighted by atomic mass is 10.2. The fourth-order valence-corrected chi connectivity index (χ4v) is 3.80. The zero-order valence-corrected chi connectivity index (χ0v) is 12.6. The average molecular weight is 300 g/mol. The number of hydrogen-bond acceptors (Lipinski definition) is 3. The van der Waals surface area contributed by atoms with Gasteiger partial charge in [0, 0.05) is 23.2 Å². The van der Waals surface area contributed by atoms with Crippen LogP contribution in [0.5, 0.6) is 0 Å². The number of hydrogen-bond donors (Lipinski definition) is 1. The van der Waals surface area contributed by atoms with Gasteiger partial charge in [-0.15, -0.1) is 11.3 Å². The van der Waals surface area contributed by atoms with Gasteiger partial charge in [0.1, 0.15) is 0 Å². The monoisotopic (exact) mass is 300 g/mol. The SMILES string of the molecule is CN(C(=O)c1cc2c(s1)CCC2)c1ccc(C(N)=O)cc1. The number of nitrogens with two attached hydrogens (primary N) is 1. The molecule has 0 atom stereocenters. The number of rotatable bonds is 3. The minimum absolute atomic E-state index is 0.0128. The number of aryl methyl sites for hydroxylation is 2. The van der Waals surface area contributed by atoms with Crippen LogP contribution in [0.25, 0.3) is 0 Å². The van der Waals surface area contributed by atoms with Crippen LogP contribution in [0.15, 0.2) is 30.3 Å². The molecular weight excluding hydrogens is 284 g/mol. The van der Waals surface area contributed by atoms with Crippen LogP contribution in [0.1, 0.15) is 36.9 Å². The minimum atomic E-state index is -0.467. The summed E-state index contributed by atoms with van der Waals surface area (Å²) in [6, 6.07) is 8.76. The van der Waals surface area contributed by atoms with E-state index in [4.69, 9.17) is 5.73 Å². The molecule has 5 heteroatoms. The summed E-state index contributed by atoms with van der Waals surface area (Å²) in [5.41, 5.74) is 7.72. The molecule has 21 heavy (non-hydrogen) atoms. The van der Waals surface area contributed by atoms with Crippen molar-refractivity contribution in [2.45, 2.75) is 19.3 Å². The maximum Gasteiger partial charge on any atom is 0.268 e. The predicted octanol–water partition coefficient (Wildman–Crippen LogP) is 2.61. The van der Waals surface area contributed by atoms with E-state index in [1.807, 2.05) is 6.07 Å². The molecule has 108 valence electrons. The van der Waals surface area contributed by atoms with Gasteiger partial charge in [-0.3, -0.25) is 9.59 Å². The number of thiophene rings is 1. The highest BCUT2D eigenvalue weighted by Crippen LogP contribution is 2.31. The van der Waals surface area contributed by atoms with Crippen molar-refractivity contribution in [3.8, 4) is 0 Å². The fraction of sp³-hybridized carbons (Fsp3) is 0.250. The Balaban J connectivity index is 1.81. The molecule has 0 unspecified atom stereocenters. The highest BCUT2D eigenvalue weighted by atomic mass is 32.1. The minimum Gasteiger partial charge on any atom is -0.366 e. The zero-order valence-electron chi connectivity index (χ0n) is 11.8. The van der Waals surface area contributed by atoms with E-state index < -0.39 is 5.91 Å². The lowest BCUT2D eigenvalue weighted by Crippen LogP contribution is -2.25. The van der Waals surface area contributed by atoms with Gasteiger partial charge in [-0.1, -0.05) is 0 Å². The number of carbonyl (C=O) groups excluding carboxylic acids is 2. The van der Waals surface area contributed by atoms with Gasteiger partial charge < -0.3 is 10.6 Å². The maximum absolute atomic E-state index is 12.5. The molecule has 0 fully saturated rings. The molecule has 0 spiro atoms. The van der Waals surface area contributed by atoms with E-state index in [0.29, 0.717) is 5.56 Å². The van der Waals surface area contributed by atoms with Crippen molar-refractivity contribution in [2.75, 3.05) is 11.9 Å². The molecule has 1 aliphatic rings. The van der Waals surface area contributed by atoms with Crippen molar-refractivity contribution in [3.63, 3.8) is 0 Å². The number of benzene rings is 1. The summed E-state index contributed by atoms with van der Waals surface area (Å²) in [5, 5.41) is 0. The van der Waals surface area contributed by atoms with E-state index in [2.05, 4.69) is 0 Å². The van der Waals surface area contributed by atoms with Crippen LogP contribution < -0.4 is 10.6 Å². The molecular formula is C16H16N2O2S. The second-order valence-electron chi connectivity index (χ2n) is 5.19. The number of anilines is 1. The molecule has 2 N–H and O–H groups in total. The quantitative estimate of drug-likeness (QED) is 0.947. The molecule has 2 amide bonds. The third-order valence-electron chi connectivity index (χ3n) is 3.80. The second kappa shape index (κ2) is 5.33. The van der Waals surface area contributed by atoms with Gasteiger partial charge >= 0.3 is 0 Å². The molecule has 0 radical (unpaired) electrons. The fourth-order valence-electron chi connectivity index (χ4n) is 2.57. The molecule has 1 aliphatic carbocycles. The Morgan fingerprint density at radius 3 is 2.52 bits per heavy atom. The van der Waals surface area contributed by atoms with E-state index in [0.717, 1.165) is 23.4 Å². The van der Waals surface area contributed by atoms with E-state index in [1.165, 1.54) is 16.9 Å². The zero-order chi connectivity index (χ0) is 15.0. The smallest absolute Gasteiger partial charge is 0.268 e. The first-order chi connectivity index (χ1) is 10.1. The molecule has 0 bridgehead atoms. The van der Waals surface area contributed by atoms with E-state index >= 15 is 0 Å². The van der Waals surface area contributed by atoms with Crippen LogP contribution in [0, 0.1) is 0 Å². The summed E-state index contributed by atoms with van der Waals surface area (Å²) in [5.74, 6) is -0.480. The summed E-state index contributed by atoms with van der Waals surface area (Å²) in [6.07, 6.45) is 3.36. The number of amides is 2. The summed E-state index contributed by atoms with van der Waals surface area (Å²) >= 11 is 1.60. The van der Waals surface area contributed by atoms with Crippen molar-refractivity contribution in [1.82, 2.24) is 0 Å². The van der Waals surface area contributed by atoms with Gasteiger partial charge in [-0.2, -0.15) is 0 Å². The Labute approximate surface area is 127 Å². The molecule has 0 aliphatic heterocycles. The molecule has 1 heterocycles. The second-order valence-corrected chi connectivity index (χ2v) is 6.32. The molecule has 0 saturated carbocycles. The van der Waals surface area contributed by atoms with Gasteiger partial charge in [0.25, 0.3) is 5.91 Å².